The van der Waals surface area contributed by atoms with Crippen molar-refractivity contribution in [2.45, 2.75) is 44.4 Å². The molecule has 3 aliphatic rings. The molecule has 26 heavy (non-hydrogen) atoms. The fourth-order valence-electron chi connectivity index (χ4n) is 4.63. The van der Waals surface area contributed by atoms with E-state index in [1.807, 2.05) is 7.05 Å². The molecule has 7 nitrogen and oxygen atoms in total. The lowest BCUT2D eigenvalue weighted by Crippen LogP contribution is -2.38. The van der Waals surface area contributed by atoms with Crippen molar-refractivity contribution in [3.63, 3.8) is 0 Å². The van der Waals surface area contributed by atoms with Crippen LogP contribution in [-0.4, -0.2) is 72.9 Å². The highest BCUT2D eigenvalue weighted by Crippen LogP contribution is 2.43. The molecular weight excluding hydrogens is 330 g/mol. The number of hydrogen-bond acceptors (Lipinski definition) is 6. The van der Waals surface area contributed by atoms with E-state index in [1.165, 1.54) is 25.9 Å². The minimum absolute atomic E-state index is 0.262. The highest BCUT2D eigenvalue weighted by atomic mass is 16.5. The van der Waals surface area contributed by atoms with E-state index >= 15 is 0 Å². The Bertz CT molecular complexity index is 576. The molecule has 0 amide bonds. The van der Waals surface area contributed by atoms with Crippen LogP contribution in [0.15, 0.2) is 6.20 Å². The normalized spacial score (nSPS) is 32.1. The van der Waals surface area contributed by atoms with E-state index in [9.17, 15) is 0 Å². The van der Waals surface area contributed by atoms with Gasteiger partial charge >= 0.3 is 0 Å². The largest absolute Gasteiger partial charge is 0.378 e. The number of nitrogens with zero attached hydrogens (tertiary/aromatic N) is 4. The molecule has 0 bridgehead atoms. The van der Waals surface area contributed by atoms with Gasteiger partial charge in [-0.1, -0.05) is 5.21 Å². The summed E-state index contributed by atoms with van der Waals surface area (Å²) in [5.74, 6) is 2.30. The average molecular weight is 364 g/mol. The number of aromatic nitrogens is 3. The van der Waals surface area contributed by atoms with Crippen LogP contribution in [0.5, 0.6) is 0 Å². The highest BCUT2D eigenvalue weighted by Gasteiger charge is 2.44. The van der Waals surface area contributed by atoms with Crippen LogP contribution in [0.1, 0.15) is 37.4 Å². The van der Waals surface area contributed by atoms with Crippen LogP contribution in [0.4, 0.5) is 0 Å². The van der Waals surface area contributed by atoms with E-state index in [0.717, 1.165) is 56.0 Å². The van der Waals surface area contributed by atoms with Crippen LogP contribution >= 0.6 is 0 Å². The molecule has 2 aliphatic carbocycles. The van der Waals surface area contributed by atoms with E-state index in [0.29, 0.717) is 12.6 Å². The summed E-state index contributed by atoms with van der Waals surface area (Å²) in [6.45, 7) is 6.06. The van der Waals surface area contributed by atoms with Crippen LogP contribution in [0.3, 0.4) is 0 Å². The monoisotopic (exact) mass is 363 g/mol. The maximum Gasteiger partial charge on any atom is 0.108 e. The topological polar surface area (TPSA) is 64.4 Å². The van der Waals surface area contributed by atoms with E-state index in [4.69, 9.17) is 9.47 Å². The number of likely N-dealkylation sites (tertiary alicyclic amines) is 1. The van der Waals surface area contributed by atoms with Crippen molar-refractivity contribution < 1.29 is 9.47 Å². The molecule has 7 heteroatoms. The summed E-state index contributed by atoms with van der Waals surface area (Å²) >= 11 is 0. The molecule has 1 saturated heterocycles. The fourth-order valence-corrected chi connectivity index (χ4v) is 4.63. The zero-order chi connectivity index (χ0) is 17.9. The summed E-state index contributed by atoms with van der Waals surface area (Å²) in [6.07, 6.45) is 7.28. The number of nitrogens with one attached hydrogen (secondary N) is 1. The molecular formula is C19H33N5O2. The first-order chi connectivity index (χ1) is 12.8. The molecule has 4 rings (SSSR count). The van der Waals surface area contributed by atoms with Gasteiger partial charge in [-0.05, 0) is 50.5 Å². The predicted molar refractivity (Wildman–Crippen MR) is 98.8 cm³/mol. The molecule has 3 fully saturated rings. The third-order valence-corrected chi connectivity index (χ3v) is 6.27. The number of likely N-dealkylation sites (N-methyl/N-ethyl adjacent to an activating group) is 1. The first-order valence-corrected chi connectivity index (χ1v) is 10.1. The zero-order valence-electron chi connectivity index (χ0n) is 16.1. The molecule has 2 saturated carbocycles. The van der Waals surface area contributed by atoms with Crippen molar-refractivity contribution in [2.75, 3.05) is 46.9 Å². The minimum Gasteiger partial charge on any atom is -0.378 e. The van der Waals surface area contributed by atoms with Crippen LogP contribution in [0, 0.1) is 17.8 Å². The molecule has 0 radical (unpaired) electrons. The Morgan fingerprint density at radius 3 is 2.77 bits per heavy atom. The average Bonchev–Trinajstić information content (AvgIpc) is 3.21. The quantitative estimate of drug-likeness (QED) is 0.714. The maximum atomic E-state index is 6.42. The van der Waals surface area contributed by atoms with Gasteiger partial charge in [-0.3, -0.25) is 0 Å². The lowest BCUT2D eigenvalue weighted by atomic mass is 9.77. The molecule has 0 spiro atoms. The summed E-state index contributed by atoms with van der Waals surface area (Å²) in [6, 6.07) is 0.303. The first-order valence-electron chi connectivity index (χ1n) is 10.1. The van der Waals surface area contributed by atoms with E-state index in [1.54, 1.807) is 7.11 Å². The first kappa shape index (κ1) is 18.3. The molecule has 146 valence electrons. The van der Waals surface area contributed by atoms with Gasteiger partial charge < -0.3 is 19.7 Å². The molecule has 1 N–H and O–H groups in total. The van der Waals surface area contributed by atoms with Crippen molar-refractivity contribution >= 4 is 0 Å². The minimum atomic E-state index is 0.262. The van der Waals surface area contributed by atoms with Gasteiger partial charge in [0.15, 0.2) is 0 Å². The van der Waals surface area contributed by atoms with E-state index in [-0.39, 0.29) is 6.10 Å². The number of rotatable bonds is 9. The van der Waals surface area contributed by atoms with Crippen LogP contribution in [0.25, 0.3) is 0 Å². The summed E-state index contributed by atoms with van der Waals surface area (Å²) in [7, 11) is 3.73. The number of methoxy groups -OCH3 is 1. The van der Waals surface area contributed by atoms with Gasteiger partial charge in [0.1, 0.15) is 5.69 Å². The number of ether oxygens (including phenoxy) is 2. The lowest BCUT2D eigenvalue weighted by molar-refractivity contribution is -0.0375. The standard InChI is InChI=1S/C19H33N5O2/c1-20-5-6-23-9-15-7-18(24-11-17(13-25-2)21-22-24)19(8-16(15)10-23)26-12-14-3-4-14/h11,14-16,18-20H,3-10,12-13H2,1-2H3/t15-,16+,18-,19-/m1/s1. The second-order valence-corrected chi connectivity index (χ2v) is 8.36. The maximum absolute atomic E-state index is 6.42. The van der Waals surface area contributed by atoms with Gasteiger partial charge in [0, 0.05) is 39.9 Å². The van der Waals surface area contributed by atoms with Crippen molar-refractivity contribution in [1.82, 2.24) is 25.2 Å². The number of fused-ring (bicyclic) bond motifs is 1. The van der Waals surface area contributed by atoms with Crippen LogP contribution in [-0.2, 0) is 16.1 Å². The highest BCUT2D eigenvalue weighted by molar-refractivity contribution is 4.99. The molecule has 1 aliphatic heterocycles. The lowest BCUT2D eigenvalue weighted by Gasteiger charge is -2.37. The Balaban J connectivity index is 1.44. The molecule has 0 unspecified atom stereocenters. The van der Waals surface area contributed by atoms with Crippen molar-refractivity contribution in [3.8, 4) is 0 Å². The van der Waals surface area contributed by atoms with Crippen molar-refractivity contribution in [3.05, 3.63) is 11.9 Å². The summed E-state index contributed by atoms with van der Waals surface area (Å²) in [4.78, 5) is 2.61. The van der Waals surface area contributed by atoms with Crippen molar-refractivity contribution in [1.29, 1.82) is 0 Å². The van der Waals surface area contributed by atoms with Crippen LogP contribution in [0.2, 0.25) is 0 Å². The Morgan fingerprint density at radius 1 is 1.23 bits per heavy atom. The van der Waals surface area contributed by atoms with Gasteiger partial charge in [0.05, 0.1) is 24.9 Å². The van der Waals surface area contributed by atoms with Crippen molar-refractivity contribution in [2.24, 2.45) is 17.8 Å². The third-order valence-electron chi connectivity index (χ3n) is 6.27. The van der Waals surface area contributed by atoms with Gasteiger partial charge in [-0.2, -0.15) is 0 Å². The van der Waals surface area contributed by atoms with Gasteiger partial charge in [-0.15, -0.1) is 5.10 Å². The van der Waals surface area contributed by atoms with Gasteiger partial charge in [0.25, 0.3) is 0 Å². The zero-order valence-corrected chi connectivity index (χ0v) is 16.1. The molecule has 4 atom stereocenters. The summed E-state index contributed by atoms with van der Waals surface area (Å²) in [5.41, 5.74) is 0.901. The second-order valence-electron chi connectivity index (χ2n) is 8.36. The third kappa shape index (κ3) is 4.27. The second kappa shape index (κ2) is 8.33. The van der Waals surface area contributed by atoms with Gasteiger partial charge in [0.2, 0.25) is 0 Å². The molecule has 1 aromatic rings. The van der Waals surface area contributed by atoms with E-state index < -0.39 is 0 Å². The smallest absolute Gasteiger partial charge is 0.108 e. The number of hydrogen-bond donors (Lipinski definition) is 1. The Kier molecular flexibility index (Phi) is 5.88. The molecule has 1 aromatic heterocycles. The molecule has 2 heterocycles. The van der Waals surface area contributed by atoms with E-state index in [2.05, 4.69) is 31.4 Å². The predicted octanol–water partition coefficient (Wildman–Crippen LogP) is 1.32. The summed E-state index contributed by atoms with van der Waals surface area (Å²) < 4.78 is 13.7. The van der Waals surface area contributed by atoms with Crippen LogP contribution < -0.4 is 5.32 Å². The fraction of sp³-hybridized carbons (Fsp3) is 0.895. The molecule has 0 aromatic carbocycles. The Labute approximate surface area is 156 Å². The Hall–Kier alpha value is -1.02. The summed E-state index contributed by atoms with van der Waals surface area (Å²) in [5, 5.41) is 12.0. The Morgan fingerprint density at radius 2 is 2.04 bits per heavy atom. The van der Waals surface area contributed by atoms with Gasteiger partial charge in [-0.25, -0.2) is 4.68 Å². The SMILES string of the molecule is CNCCN1C[C@H]2C[C@@H](n3cc(COC)nn3)[C@H](OCC3CC3)C[C@H]2C1.